The van der Waals surface area contributed by atoms with Gasteiger partial charge < -0.3 is 19.9 Å². The third kappa shape index (κ3) is 4.58. The topological polar surface area (TPSA) is 61.9 Å². The van der Waals surface area contributed by atoms with Crippen LogP contribution in [0.2, 0.25) is 0 Å². The molecule has 6 heteroatoms. The van der Waals surface area contributed by atoms with Crippen molar-refractivity contribution < 1.29 is 14.3 Å². The SMILES string of the molecule is COC(=O)c1ccc(N2CCN(C(=O)Nc3cc(C)cc(C)c3)CC2)cc1. The van der Waals surface area contributed by atoms with Crippen LogP contribution in [0.4, 0.5) is 16.2 Å². The van der Waals surface area contributed by atoms with E-state index in [1.54, 1.807) is 12.1 Å². The van der Waals surface area contributed by atoms with Crippen LogP contribution in [0.5, 0.6) is 0 Å². The molecule has 2 amide bonds. The molecule has 142 valence electrons. The number of urea groups is 1. The van der Waals surface area contributed by atoms with Crippen LogP contribution in [-0.4, -0.2) is 50.2 Å². The maximum Gasteiger partial charge on any atom is 0.337 e. The van der Waals surface area contributed by atoms with Crippen molar-refractivity contribution in [1.29, 1.82) is 0 Å². The smallest absolute Gasteiger partial charge is 0.337 e. The molecule has 27 heavy (non-hydrogen) atoms. The van der Waals surface area contributed by atoms with E-state index in [0.29, 0.717) is 18.7 Å². The van der Waals surface area contributed by atoms with E-state index >= 15 is 0 Å². The molecule has 1 heterocycles. The summed E-state index contributed by atoms with van der Waals surface area (Å²) >= 11 is 0. The van der Waals surface area contributed by atoms with E-state index in [2.05, 4.69) is 16.3 Å². The van der Waals surface area contributed by atoms with Gasteiger partial charge in [0.05, 0.1) is 12.7 Å². The van der Waals surface area contributed by atoms with Gasteiger partial charge in [-0.25, -0.2) is 9.59 Å². The van der Waals surface area contributed by atoms with E-state index in [4.69, 9.17) is 4.74 Å². The Morgan fingerprint density at radius 2 is 1.52 bits per heavy atom. The Kier molecular flexibility index (Phi) is 5.64. The lowest BCUT2D eigenvalue weighted by Crippen LogP contribution is -2.50. The number of esters is 1. The normalized spacial score (nSPS) is 14.0. The summed E-state index contributed by atoms with van der Waals surface area (Å²) < 4.78 is 4.72. The van der Waals surface area contributed by atoms with Crippen molar-refractivity contribution >= 4 is 23.4 Å². The molecule has 0 saturated carbocycles. The fourth-order valence-corrected chi connectivity index (χ4v) is 3.34. The van der Waals surface area contributed by atoms with Crippen LogP contribution in [0.3, 0.4) is 0 Å². The maximum absolute atomic E-state index is 12.5. The predicted molar refractivity (Wildman–Crippen MR) is 107 cm³/mol. The van der Waals surface area contributed by atoms with Gasteiger partial charge in [0.2, 0.25) is 0 Å². The van der Waals surface area contributed by atoms with Crippen LogP contribution < -0.4 is 10.2 Å². The first-order chi connectivity index (χ1) is 13.0. The number of benzene rings is 2. The zero-order valence-electron chi connectivity index (χ0n) is 16.0. The Hall–Kier alpha value is -3.02. The molecule has 1 N–H and O–H groups in total. The molecule has 0 radical (unpaired) electrons. The lowest BCUT2D eigenvalue weighted by molar-refractivity contribution is 0.0600. The van der Waals surface area contributed by atoms with Gasteiger partial charge in [0.25, 0.3) is 0 Å². The highest BCUT2D eigenvalue weighted by molar-refractivity contribution is 5.90. The van der Waals surface area contributed by atoms with E-state index in [1.807, 2.05) is 43.0 Å². The van der Waals surface area contributed by atoms with Crippen molar-refractivity contribution in [2.75, 3.05) is 43.5 Å². The van der Waals surface area contributed by atoms with Gasteiger partial charge in [0.1, 0.15) is 0 Å². The van der Waals surface area contributed by atoms with Crippen molar-refractivity contribution in [3.8, 4) is 0 Å². The van der Waals surface area contributed by atoms with Crippen molar-refractivity contribution in [3.63, 3.8) is 0 Å². The molecule has 0 aliphatic carbocycles. The average Bonchev–Trinajstić information content (AvgIpc) is 2.67. The number of nitrogens with zero attached hydrogens (tertiary/aromatic N) is 2. The number of aryl methyl sites for hydroxylation is 2. The predicted octanol–water partition coefficient (Wildman–Crippen LogP) is 3.44. The summed E-state index contributed by atoms with van der Waals surface area (Å²) in [6, 6.07) is 13.3. The van der Waals surface area contributed by atoms with Gasteiger partial charge in [-0.05, 0) is 61.4 Å². The van der Waals surface area contributed by atoms with E-state index in [-0.39, 0.29) is 12.0 Å². The first-order valence-electron chi connectivity index (χ1n) is 9.04. The molecule has 1 aliphatic heterocycles. The number of amides is 2. The second-order valence-electron chi connectivity index (χ2n) is 6.82. The molecule has 1 aliphatic rings. The number of hydrogen-bond acceptors (Lipinski definition) is 4. The summed E-state index contributed by atoms with van der Waals surface area (Å²) in [5.41, 5.74) is 4.67. The molecule has 0 atom stereocenters. The highest BCUT2D eigenvalue weighted by Crippen LogP contribution is 2.19. The van der Waals surface area contributed by atoms with Crippen molar-refractivity contribution in [2.24, 2.45) is 0 Å². The molecule has 0 bridgehead atoms. The monoisotopic (exact) mass is 367 g/mol. The van der Waals surface area contributed by atoms with E-state index in [0.717, 1.165) is 35.6 Å². The molecular formula is C21H25N3O3. The highest BCUT2D eigenvalue weighted by atomic mass is 16.5. The van der Waals surface area contributed by atoms with Crippen molar-refractivity contribution in [1.82, 2.24) is 4.90 Å². The Morgan fingerprint density at radius 3 is 2.07 bits per heavy atom. The number of methoxy groups -OCH3 is 1. The summed E-state index contributed by atoms with van der Waals surface area (Å²) in [6.07, 6.45) is 0. The Morgan fingerprint density at radius 1 is 0.926 bits per heavy atom. The number of nitrogens with one attached hydrogen (secondary N) is 1. The number of carbonyl (C=O) groups is 2. The molecule has 1 saturated heterocycles. The minimum atomic E-state index is -0.338. The summed E-state index contributed by atoms with van der Waals surface area (Å²) in [4.78, 5) is 28.1. The zero-order valence-corrected chi connectivity index (χ0v) is 16.0. The quantitative estimate of drug-likeness (QED) is 0.844. The number of piperazine rings is 1. The number of anilines is 2. The summed E-state index contributed by atoms with van der Waals surface area (Å²) in [6.45, 7) is 6.83. The molecular weight excluding hydrogens is 342 g/mol. The summed E-state index contributed by atoms with van der Waals surface area (Å²) in [5, 5.41) is 2.99. The molecule has 3 rings (SSSR count). The maximum atomic E-state index is 12.5. The van der Waals surface area contributed by atoms with Crippen molar-refractivity contribution in [3.05, 3.63) is 59.2 Å². The Labute approximate surface area is 159 Å². The minimum absolute atomic E-state index is 0.0688. The zero-order chi connectivity index (χ0) is 19.4. The molecule has 0 aromatic heterocycles. The van der Waals surface area contributed by atoms with Crippen LogP contribution >= 0.6 is 0 Å². The molecule has 0 spiro atoms. The van der Waals surface area contributed by atoms with Gasteiger partial charge in [0.15, 0.2) is 0 Å². The highest BCUT2D eigenvalue weighted by Gasteiger charge is 2.21. The van der Waals surface area contributed by atoms with Gasteiger partial charge in [-0.3, -0.25) is 0 Å². The molecule has 0 unspecified atom stereocenters. The lowest BCUT2D eigenvalue weighted by Gasteiger charge is -2.36. The van der Waals surface area contributed by atoms with E-state index < -0.39 is 0 Å². The van der Waals surface area contributed by atoms with Crippen LogP contribution in [0.1, 0.15) is 21.5 Å². The molecule has 6 nitrogen and oxygen atoms in total. The summed E-state index contributed by atoms with van der Waals surface area (Å²) in [7, 11) is 1.37. The van der Waals surface area contributed by atoms with Crippen molar-refractivity contribution in [2.45, 2.75) is 13.8 Å². The Balaban J connectivity index is 1.56. The fraction of sp³-hybridized carbons (Fsp3) is 0.333. The number of carbonyl (C=O) groups excluding carboxylic acids is 2. The number of hydrogen-bond donors (Lipinski definition) is 1. The first kappa shape index (κ1) is 18.8. The lowest BCUT2D eigenvalue weighted by atomic mass is 10.1. The van der Waals surface area contributed by atoms with Crippen LogP contribution in [-0.2, 0) is 4.74 Å². The van der Waals surface area contributed by atoms with Crippen LogP contribution in [0, 0.1) is 13.8 Å². The fourth-order valence-electron chi connectivity index (χ4n) is 3.34. The van der Waals surface area contributed by atoms with Gasteiger partial charge in [-0.1, -0.05) is 6.07 Å². The second kappa shape index (κ2) is 8.12. The van der Waals surface area contributed by atoms with Crippen LogP contribution in [0.15, 0.2) is 42.5 Å². The van der Waals surface area contributed by atoms with Crippen LogP contribution in [0.25, 0.3) is 0 Å². The van der Waals surface area contributed by atoms with Gasteiger partial charge in [-0.15, -0.1) is 0 Å². The van der Waals surface area contributed by atoms with Gasteiger partial charge in [0, 0.05) is 37.6 Å². The minimum Gasteiger partial charge on any atom is -0.465 e. The Bertz CT molecular complexity index is 805. The number of ether oxygens (including phenoxy) is 1. The van der Waals surface area contributed by atoms with Gasteiger partial charge in [-0.2, -0.15) is 0 Å². The molecule has 2 aromatic carbocycles. The second-order valence-corrected chi connectivity index (χ2v) is 6.82. The van der Waals surface area contributed by atoms with Gasteiger partial charge >= 0.3 is 12.0 Å². The number of rotatable bonds is 3. The third-order valence-corrected chi connectivity index (χ3v) is 4.69. The standard InChI is InChI=1S/C21H25N3O3/c1-15-12-16(2)14-18(13-15)22-21(26)24-10-8-23(9-11-24)19-6-4-17(5-7-19)20(25)27-3/h4-7,12-14H,8-11H2,1-3H3,(H,22,26). The van der Waals surface area contributed by atoms with E-state index in [9.17, 15) is 9.59 Å². The third-order valence-electron chi connectivity index (χ3n) is 4.69. The first-order valence-corrected chi connectivity index (χ1v) is 9.04. The largest absolute Gasteiger partial charge is 0.465 e. The molecule has 2 aromatic rings. The summed E-state index contributed by atoms with van der Waals surface area (Å²) in [5.74, 6) is -0.338. The molecule has 1 fully saturated rings. The van der Waals surface area contributed by atoms with E-state index in [1.165, 1.54) is 7.11 Å². The average molecular weight is 367 g/mol.